The smallest absolute Gasteiger partial charge is 0.226 e. The summed E-state index contributed by atoms with van der Waals surface area (Å²) < 4.78 is 14.5. The van der Waals surface area contributed by atoms with Crippen LogP contribution in [0.1, 0.15) is 25.5 Å². The molecule has 2 N–H and O–H groups in total. The second-order valence-electron chi connectivity index (χ2n) is 5.28. The molecule has 130 valence electrons. The zero-order valence-electron chi connectivity index (χ0n) is 13.3. The summed E-state index contributed by atoms with van der Waals surface area (Å²) in [6.45, 7) is 1.92. The molecule has 3 aromatic rings. The molecule has 0 saturated heterocycles. The minimum atomic E-state index is -0.460. The molecule has 3 rings (SSSR count). The Hall–Kier alpha value is -2.26. The van der Waals surface area contributed by atoms with E-state index in [0.717, 1.165) is 6.42 Å². The maximum atomic E-state index is 13.9. The molecule has 0 aliphatic rings. The number of H-pyrrole nitrogens is 1. The van der Waals surface area contributed by atoms with E-state index in [-0.39, 0.29) is 16.9 Å². The van der Waals surface area contributed by atoms with Crippen molar-refractivity contribution in [1.82, 2.24) is 15.2 Å². The third kappa shape index (κ3) is 4.23. The fourth-order valence-electron chi connectivity index (χ4n) is 2.23. The van der Waals surface area contributed by atoms with Crippen LogP contribution >= 0.6 is 23.1 Å². The van der Waals surface area contributed by atoms with Crippen LogP contribution in [0.3, 0.4) is 0 Å². The fraction of sp³-hybridized carbons (Fsp3) is 0.250. The van der Waals surface area contributed by atoms with Gasteiger partial charge in [-0.2, -0.15) is 0 Å². The first kappa shape index (κ1) is 17.6. The lowest BCUT2D eigenvalue weighted by Gasteiger charge is -2.03. The predicted molar refractivity (Wildman–Crippen MR) is 97.5 cm³/mol. The highest BCUT2D eigenvalue weighted by molar-refractivity contribution is 8.00. The Morgan fingerprint density at radius 3 is 3.04 bits per heavy atom. The van der Waals surface area contributed by atoms with Gasteiger partial charge in [0, 0.05) is 29.3 Å². The number of hydrogen-bond donors (Lipinski definition) is 2. The summed E-state index contributed by atoms with van der Waals surface area (Å²) in [6.07, 6.45) is 1.20. The van der Waals surface area contributed by atoms with E-state index in [4.69, 9.17) is 0 Å². The van der Waals surface area contributed by atoms with Crippen LogP contribution in [0.15, 0.2) is 33.4 Å². The van der Waals surface area contributed by atoms with Crippen LogP contribution in [0.2, 0.25) is 0 Å². The first-order valence-corrected chi connectivity index (χ1v) is 9.43. The van der Waals surface area contributed by atoms with Crippen molar-refractivity contribution in [3.63, 3.8) is 0 Å². The van der Waals surface area contributed by atoms with Crippen LogP contribution in [-0.4, -0.2) is 21.1 Å². The van der Waals surface area contributed by atoms with Gasteiger partial charge in [0.05, 0.1) is 5.52 Å². The van der Waals surface area contributed by atoms with E-state index in [1.54, 1.807) is 6.07 Å². The third-order valence-electron chi connectivity index (χ3n) is 3.35. The molecule has 0 radical (unpaired) electrons. The number of thioether (sulfide) groups is 1. The van der Waals surface area contributed by atoms with E-state index in [9.17, 15) is 14.0 Å². The standard InChI is InChI=1S/C16H15FN4O2S2/c1-2-4-13(23)19-15-20-21-16(25-15)24-8-9-7-12(22)10-5-3-6-11(17)14(10)18-9/h3,5-7H,2,4,8H2,1H3,(H,18,22)(H,19,20,23). The van der Waals surface area contributed by atoms with Crippen molar-refractivity contribution in [1.29, 1.82) is 0 Å². The Kier molecular flexibility index (Phi) is 5.44. The minimum absolute atomic E-state index is 0.0930. The summed E-state index contributed by atoms with van der Waals surface area (Å²) in [7, 11) is 0. The summed E-state index contributed by atoms with van der Waals surface area (Å²) in [5.74, 6) is -0.139. The lowest BCUT2D eigenvalue weighted by molar-refractivity contribution is -0.116. The van der Waals surface area contributed by atoms with Crippen LogP contribution in [0, 0.1) is 5.82 Å². The molecular formula is C16H15FN4O2S2. The van der Waals surface area contributed by atoms with E-state index >= 15 is 0 Å². The van der Waals surface area contributed by atoms with Crippen molar-refractivity contribution < 1.29 is 9.18 Å². The van der Waals surface area contributed by atoms with Gasteiger partial charge in [-0.25, -0.2) is 4.39 Å². The van der Waals surface area contributed by atoms with Crippen molar-refractivity contribution in [3.05, 3.63) is 46.0 Å². The lowest BCUT2D eigenvalue weighted by atomic mass is 10.2. The number of carbonyl (C=O) groups excluding carboxylic acids is 1. The minimum Gasteiger partial charge on any atom is -0.355 e. The predicted octanol–water partition coefficient (Wildman–Crippen LogP) is 3.55. The number of fused-ring (bicyclic) bond motifs is 1. The maximum Gasteiger partial charge on any atom is 0.226 e. The Morgan fingerprint density at radius 2 is 2.24 bits per heavy atom. The van der Waals surface area contributed by atoms with Crippen molar-refractivity contribution in [2.24, 2.45) is 0 Å². The van der Waals surface area contributed by atoms with Crippen LogP contribution < -0.4 is 10.7 Å². The van der Waals surface area contributed by atoms with Gasteiger partial charge in [-0.15, -0.1) is 10.2 Å². The van der Waals surface area contributed by atoms with Gasteiger partial charge >= 0.3 is 0 Å². The number of pyridine rings is 1. The molecule has 25 heavy (non-hydrogen) atoms. The van der Waals surface area contributed by atoms with Crippen molar-refractivity contribution in [2.45, 2.75) is 29.9 Å². The number of nitrogens with zero attached hydrogens (tertiary/aromatic N) is 2. The summed E-state index contributed by atoms with van der Waals surface area (Å²) in [6, 6.07) is 5.87. The second-order valence-corrected chi connectivity index (χ2v) is 7.48. The molecule has 0 atom stereocenters. The van der Waals surface area contributed by atoms with E-state index in [2.05, 4.69) is 20.5 Å². The Morgan fingerprint density at radius 1 is 1.40 bits per heavy atom. The van der Waals surface area contributed by atoms with Gasteiger partial charge in [-0.05, 0) is 18.6 Å². The van der Waals surface area contributed by atoms with Gasteiger partial charge in [0.1, 0.15) is 5.82 Å². The van der Waals surface area contributed by atoms with E-state index in [1.165, 1.54) is 41.3 Å². The maximum absolute atomic E-state index is 13.9. The molecule has 6 nitrogen and oxygen atoms in total. The highest BCUT2D eigenvalue weighted by Gasteiger charge is 2.10. The third-order valence-corrected chi connectivity index (χ3v) is 5.37. The van der Waals surface area contributed by atoms with Crippen LogP contribution in [-0.2, 0) is 10.5 Å². The molecule has 0 aliphatic heterocycles. The van der Waals surface area contributed by atoms with Crippen LogP contribution in [0.25, 0.3) is 10.9 Å². The van der Waals surface area contributed by atoms with E-state index in [1.807, 2.05) is 6.92 Å². The molecule has 1 aromatic carbocycles. The van der Waals surface area contributed by atoms with Gasteiger partial charge in [0.2, 0.25) is 11.0 Å². The Bertz CT molecular complexity index is 970. The number of halogens is 1. The van der Waals surface area contributed by atoms with Crippen LogP contribution in [0.4, 0.5) is 9.52 Å². The molecule has 0 unspecified atom stereocenters. The van der Waals surface area contributed by atoms with Gasteiger partial charge in [0.15, 0.2) is 9.77 Å². The number of carbonyl (C=O) groups is 1. The number of rotatable bonds is 6. The molecule has 0 aliphatic carbocycles. The van der Waals surface area contributed by atoms with Gasteiger partial charge < -0.3 is 10.3 Å². The monoisotopic (exact) mass is 378 g/mol. The SMILES string of the molecule is CCCC(=O)Nc1nnc(SCc2cc(=O)c3cccc(F)c3[nH]2)s1. The zero-order valence-corrected chi connectivity index (χ0v) is 15.0. The number of amides is 1. The summed E-state index contributed by atoms with van der Waals surface area (Å²) >= 11 is 2.62. The molecule has 1 amide bonds. The first-order valence-electron chi connectivity index (χ1n) is 7.63. The Labute approximate surface area is 150 Å². The summed E-state index contributed by atoms with van der Waals surface area (Å²) in [5, 5.41) is 11.4. The number of anilines is 1. The van der Waals surface area contributed by atoms with Crippen molar-refractivity contribution in [3.8, 4) is 0 Å². The summed E-state index contributed by atoms with van der Waals surface area (Å²) in [4.78, 5) is 26.6. The van der Waals surface area contributed by atoms with E-state index < -0.39 is 5.82 Å². The first-order chi connectivity index (χ1) is 12.1. The normalized spacial score (nSPS) is 11.0. The topological polar surface area (TPSA) is 87.7 Å². The molecule has 0 fully saturated rings. The number of benzene rings is 1. The molecule has 9 heteroatoms. The second kappa shape index (κ2) is 7.75. The Balaban J connectivity index is 1.71. The highest BCUT2D eigenvalue weighted by Crippen LogP contribution is 2.28. The molecule has 0 bridgehead atoms. The average Bonchev–Trinajstić information content (AvgIpc) is 3.01. The number of aromatic amines is 1. The number of para-hydroxylation sites is 1. The molecule has 0 spiro atoms. The molecular weight excluding hydrogens is 363 g/mol. The number of hydrogen-bond acceptors (Lipinski definition) is 6. The lowest BCUT2D eigenvalue weighted by Crippen LogP contribution is -2.10. The molecule has 2 heterocycles. The quantitative estimate of drug-likeness (QED) is 0.506. The molecule has 0 saturated carbocycles. The van der Waals surface area contributed by atoms with Gasteiger partial charge in [-0.1, -0.05) is 36.1 Å². The number of aromatic nitrogens is 3. The van der Waals surface area contributed by atoms with Crippen molar-refractivity contribution >= 4 is 45.0 Å². The average molecular weight is 378 g/mol. The van der Waals surface area contributed by atoms with E-state index in [0.29, 0.717) is 32.7 Å². The highest BCUT2D eigenvalue weighted by atomic mass is 32.2. The van der Waals surface area contributed by atoms with Gasteiger partial charge in [0.25, 0.3) is 0 Å². The van der Waals surface area contributed by atoms with Gasteiger partial charge in [-0.3, -0.25) is 9.59 Å². The van der Waals surface area contributed by atoms with Crippen LogP contribution in [0.5, 0.6) is 0 Å². The number of nitrogens with one attached hydrogen (secondary N) is 2. The largest absolute Gasteiger partial charge is 0.355 e. The summed E-state index contributed by atoms with van der Waals surface area (Å²) in [5.41, 5.74) is 0.573. The van der Waals surface area contributed by atoms with Crippen molar-refractivity contribution in [2.75, 3.05) is 5.32 Å². The zero-order chi connectivity index (χ0) is 17.8. The fourth-order valence-corrected chi connectivity index (χ4v) is 3.91. The molecule has 2 aromatic heterocycles.